The van der Waals surface area contributed by atoms with Crippen molar-refractivity contribution in [1.82, 2.24) is 19.6 Å². The first-order chi connectivity index (χ1) is 12.1. The van der Waals surface area contributed by atoms with E-state index in [0.29, 0.717) is 11.7 Å². The van der Waals surface area contributed by atoms with Crippen molar-refractivity contribution in [2.24, 2.45) is 5.92 Å². The second-order valence-corrected chi connectivity index (χ2v) is 8.00. The van der Waals surface area contributed by atoms with Crippen molar-refractivity contribution < 1.29 is 5.11 Å². The van der Waals surface area contributed by atoms with Gasteiger partial charge in [0, 0.05) is 10.4 Å². The first kappa shape index (κ1) is 14.8. The van der Waals surface area contributed by atoms with Gasteiger partial charge >= 0.3 is 0 Å². The van der Waals surface area contributed by atoms with Crippen molar-refractivity contribution in [3.8, 4) is 17.1 Å². The number of benzene rings is 1. The van der Waals surface area contributed by atoms with Gasteiger partial charge in [-0.1, -0.05) is 19.1 Å². The van der Waals surface area contributed by atoms with Crippen LogP contribution >= 0.6 is 11.3 Å². The lowest BCUT2D eigenvalue weighted by atomic mass is 9.89. The smallest absolute Gasteiger partial charge is 0.182 e. The quantitative estimate of drug-likeness (QED) is 0.560. The van der Waals surface area contributed by atoms with Crippen LogP contribution in [0, 0.1) is 12.8 Å². The van der Waals surface area contributed by atoms with Gasteiger partial charge in [-0.15, -0.1) is 16.4 Å². The molecule has 1 aliphatic rings. The highest BCUT2D eigenvalue weighted by Crippen LogP contribution is 2.39. The van der Waals surface area contributed by atoms with Crippen molar-refractivity contribution in [3.05, 3.63) is 40.5 Å². The molecule has 0 bridgehead atoms. The summed E-state index contributed by atoms with van der Waals surface area (Å²) in [5.74, 6) is 2.38. The van der Waals surface area contributed by atoms with Crippen molar-refractivity contribution in [1.29, 1.82) is 0 Å². The number of aromatic nitrogens is 4. The Hall–Kier alpha value is -2.47. The molecule has 1 N–H and O–H groups in total. The Morgan fingerprint density at radius 1 is 1.28 bits per heavy atom. The fourth-order valence-electron chi connectivity index (χ4n) is 3.71. The van der Waals surface area contributed by atoms with Crippen LogP contribution in [-0.4, -0.2) is 24.7 Å². The van der Waals surface area contributed by atoms with Gasteiger partial charge in [0.2, 0.25) is 0 Å². The van der Waals surface area contributed by atoms with Gasteiger partial charge in [0.15, 0.2) is 11.5 Å². The summed E-state index contributed by atoms with van der Waals surface area (Å²) in [6.45, 7) is 4.28. The molecule has 1 aliphatic carbocycles. The van der Waals surface area contributed by atoms with E-state index in [2.05, 4.69) is 12.0 Å². The minimum atomic E-state index is 0.220. The summed E-state index contributed by atoms with van der Waals surface area (Å²) in [6.07, 6.45) is 3.47. The Morgan fingerprint density at radius 2 is 2.16 bits per heavy atom. The number of nitrogens with zero attached hydrogens (tertiary/aromatic N) is 4. The molecule has 0 aliphatic heterocycles. The molecular formula is C19H18N4OS. The molecule has 4 aromatic rings. The molecule has 5 nitrogen and oxygen atoms in total. The van der Waals surface area contributed by atoms with Crippen LogP contribution in [0.3, 0.4) is 0 Å². The summed E-state index contributed by atoms with van der Waals surface area (Å²) < 4.78 is 1.84. The first-order valence-electron chi connectivity index (χ1n) is 8.57. The molecule has 1 aromatic carbocycles. The number of thiophene rings is 1. The molecule has 0 saturated carbocycles. The highest BCUT2D eigenvalue weighted by atomic mass is 32.1. The van der Waals surface area contributed by atoms with Crippen LogP contribution < -0.4 is 0 Å². The molecule has 0 fully saturated rings. The minimum absolute atomic E-state index is 0.220. The van der Waals surface area contributed by atoms with E-state index < -0.39 is 0 Å². The molecule has 25 heavy (non-hydrogen) atoms. The monoisotopic (exact) mass is 350 g/mol. The van der Waals surface area contributed by atoms with Gasteiger partial charge in [0.25, 0.3) is 0 Å². The number of phenolic OH excluding ortho intramolecular Hbond substituents is 1. The summed E-state index contributed by atoms with van der Waals surface area (Å²) in [4.78, 5) is 12.1. The molecule has 0 unspecified atom stereocenters. The molecule has 126 valence electrons. The van der Waals surface area contributed by atoms with Crippen LogP contribution in [0.25, 0.3) is 27.3 Å². The van der Waals surface area contributed by atoms with Crippen LogP contribution in [-0.2, 0) is 12.8 Å². The Bertz CT molecular complexity index is 1130. The number of aryl methyl sites for hydroxylation is 2. The van der Waals surface area contributed by atoms with Crippen molar-refractivity contribution in [2.45, 2.75) is 33.1 Å². The maximum atomic E-state index is 9.76. The van der Waals surface area contributed by atoms with E-state index in [1.54, 1.807) is 23.5 Å². The largest absolute Gasteiger partial charge is 0.508 e. The SMILES string of the molecule is Cc1nc2sc3c(c2c2nc(-c4cccc(O)c4)nn12)C[C@@H](C)CC3. The van der Waals surface area contributed by atoms with E-state index in [1.807, 2.05) is 23.6 Å². The first-order valence-corrected chi connectivity index (χ1v) is 9.39. The Labute approximate surface area is 149 Å². The Balaban J connectivity index is 1.81. The number of rotatable bonds is 1. The lowest BCUT2D eigenvalue weighted by molar-refractivity contribution is 0.475. The van der Waals surface area contributed by atoms with E-state index in [4.69, 9.17) is 9.97 Å². The van der Waals surface area contributed by atoms with E-state index in [-0.39, 0.29) is 5.75 Å². The topological polar surface area (TPSA) is 63.3 Å². The number of hydrogen-bond donors (Lipinski definition) is 1. The van der Waals surface area contributed by atoms with Crippen LogP contribution in [0.2, 0.25) is 0 Å². The second-order valence-electron chi connectivity index (χ2n) is 6.91. The fourth-order valence-corrected chi connectivity index (χ4v) is 4.97. The number of aromatic hydroxyl groups is 1. The van der Waals surface area contributed by atoms with Gasteiger partial charge in [0.05, 0.1) is 5.39 Å². The van der Waals surface area contributed by atoms with E-state index in [0.717, 1.165) is 40.1 Å². The predicted octanol–water partition coefficient (Wildman–Crippen LogP) is 4.14. The van der Waals surface area contributed by atoms with E-state index in [9.17, 15) is 5.11 Å². The van der Waals surface area contributed by atoms with Gasteiger partial charge < -0.3 is 5.11 Å². The molecule has 5 rings (SSSR count). The van der Waals surface area contributed by atoms with E-state index in [1.165, 1.54) is 16.9 Å². The Morgan fingerprint density at radius 3 is 3.00 bits per heavy atom. The van der Waals surface area contributed by atoms with Gasteiger partial charge in [-0.2, -0.15) is 4.52 Å². The number of fused-ring (bicyclic) bond motifs is 5. The zero-order valence-electron chi connectivity index (χ0n) is 14.2. The minimum Gasteiger partial charge on any atom is -0.508 e. The van der Waals surface area contributed by atoms with Gasteiger partial charge in [-0.3, -0.25) is 0 Å². The maximum Gasteiger partial charge on any atom is 0.182 e. The van der Waals surface area contributed by atoms with Crippen molar-refractivity contribution >= 4 is 27.2 Å². The molecule has 0 amide bonds. The average molecular weight is 350 g/mol. The zero-order chi connectivity index (χ0) is 17.1. The average Bonchev–Trinajstić information content (AvgIpc) is 3.16. The summed E-state index contributed by atoms with van der Waals surface area (Å²) >= 11 is 1.81. The van der Waals surface area contributed by atoms with E-state index >= 15 is 0 Å². The normalized spacial score (nSPS) is 17.3. The number of phenols is 1. The predicted molar refractivity (Wildman–Crippen MR) is 99.2 cm³/mol. The van der Waals surface area contributed by atoms with Gasteiger partial charge in [0.1, 0.15) is 16.4 Å². The van der Waals surface area contributed by atoms with Crippen LogP contribution in [0.15, 0.2) is 24.3 Å². The maximum absolute atomic E-state index is 9.76. The third kappa shape index (κ3) is 2.24. The van der Waals surface area contributed by atoms with Crippen molar-refractivity contribution in [3.63, 3.8) is 0 Å². The molecule has 0 radical (unpaired) electrons. The van der Waals surface area contributed by atoms with Crippen LogP contribution in [0.5, 0.6) is 5.75 Å². The molecule has 3 heterocycles. The molecule has 1 atom stereocenters. The standard InChI is InChI=1S/C19H18N4OS/c1-10-6-7-15-14(8-10)16-18-21-17(12-4-3-5-13(24)9-12)22-23(18)11(2)20-19(16)25-15/h3-5,9-10,24H,6-8H2,1-2H3/t10-/m0/s1. The highest BCUT2D eigenvalue weighted by Gasteiger charge is 2.24. The third-order valence-electron chi connectivity index (χ3n) is 4.99. The van der Waals surface area contributed by atoms with Gasteiger partial charge in [-0.05, 0) is 49.8 Å². The zero-order valence-corrected chi connectivity index (χ0v) is 15.0. The third-order valence-corrected chi connectivity index (χ3v) is 6.18. The summed E-state index contributed by atoms with van der Waals surface area (Å²) in [5, 5.41) is 15.6. The molecular weight excluding hydrogens is 332 g/mol. The molecule has 6 heteroatoms. The summed E-state index contributed by atoms with van der Waals surface area (Å²) in [6, 6.07) is 7.08. The Kier molecular flexibility index (Phi) is 3.12. The van der Waals surface area contributed by atoms with Crippen LogP contribution in [0.1, 0.15) is 29.6 Å². The van der Waals surface area contributed by atoms with Crippen molar-refractivity contribution in [2.75, 3.05) is 0 Å². The van der Waals surface area contributed by atoms with Crippen LogP contribution in [0.4, 0.5) is 0 Å². The van der Waals surface area contributed by atoms with Gasteiger partial charge in [-0.25, -0.2) is 9.97 Å². The fraction of sp³-hybridized carbons (Fsp3) is 0.316. The lowest BCUT2D eigenvalue weighted by Crippen LogP contribution is -2.09. The summed E-state index contributed by atoms with van der Waals surface area (Å²) in [7, 11) is 0. The highest BCUT2D eigenvalue weighted by molar-refractivity contribution is 7.19. The molecule has 0 saturated heterocycles. The lowest BCUT2D eigenvalue weighted by Gasteiger charge is -2.17. The summed E-state index contributed by atoms with van der Waals surface area (Å²) in [5.41, 5.74) is 3.10. The second kappa shape index (κ2) is 5.26. The number of hydrogen-bond acceptors (Lipinski definition) is 5. The molecule has 3 aromatic heterocycles. The molecule has 0 spiro atoms.